The van der Waals surface area contributed by atoms with E-state index < -0.39 is 0 Å². The van der Waals surface area contributed by atoms with E-state index in [4.69, 9.17) is 4.98 Å². The Labute approximate surface area is 160 Å². The molecule has 0 N–H and O–H groups in total. The molecule has 0 aliphatic heterocycles. The highest BCUT2D eigenvalue weighted by atomic mass is 32.2. The number of imidazole rings is 1. The van der Waals surface area contributed by atoms with Crippen molar-refractivity contribution in [3.63, 3.8) is 0 Å². The van der Waals surface area contributed by atoms with Crippen molar-refractivity contribution in [1.82, 2.24) is 14.5 Å². The van der Waals surface area contributed by atoms with Crippen molar-refractivity contribution >= 4 is 17.7 Å². The first-order valence-corrected chi connectivity index (χ1v) is 9.19. The van der Waals surface area contributed by atoms with E-state index in [0.29, 0.717) is 5.75 Å². The SMILES string of the molecule is COC(=O)/C=C/CSc1nc(-c2ccc(F)cc2)c(-c2ccncc2)n1C. The summed E-state index contributed by atoms with van der Waals surface area (Å²) < 4.78 is 19.9. The lowest BCUT2D eigenvalue weighted by molar-refractivity contribution is -0.134. The number of hydrogen-bond acceptors (Lipinski definition) is 5. The molecule has 2 aromatic heterocycles. The van der Waals surface area contributed by atoms with Gasteiger partial charge in [0.25, 0.3) is 0 Å². The number of esters is 1. The summed E-state index contributed by atoms with van der Waals surface area (Å²) in [6.45, 7) is 0. The number of halogens is 1. The molecule has 7 heteroatoms. The summed E-state index contributed by atoms with van der Waals surface area (Å²) >= 11 is 1.49. The summed E-state index contributed by atoms with van der Waals surface area (Å²) in [6.07, 6.45) is 6.57. The molecule has 0 atom stereocenters. The Kier molecular flexibility index (Phi) is 6.03. The molecule has 3 aromatic rings. The van der Waals surface area contributed by atoms with E-state index in [9.17, 15) is 9.18 Å². The molecule has 27 heavy (non-hydrogen) atoms. The van der Waals surface area contributed by atoms with Gasteiger partial charge in [-0.3, -0.25) is 4.98 Å². The maximum Gasteiger partial charge on any atom is 0.330 e. The van der Waals surface area contributed by atoms with Crippen LogP contribution < -0.4 is 0 Å². The fourth-order valence-corrected chi connectivity index (χ4v) is 3.37. The van der Waals surface area contributed by atoms with Gasteiger partial charge in [0.15, 0.2) is 5.16 Å². The van der Waals surface area contributed by atoms with Gasteiger partial charge in [0.1, 0.15) is 5.82 Å². The first kappa shape index (κ1) is 18.8. The van der Waals surface area contributed by atoms with Crippen LogP contribution in [0.3, 0.4) is 0 Å². The fourth-order valence-electron chi connectivity index (χ4n) is 2.59. The van der Waals surface area contributed by atoms with Crippen molar-refractivity contribution in [3.8, 4) is 22.5 Å². The van der Waals surface area contributed by atoms with Gasteiger partial charge in [-0.1, -0.05) is 17.8 Å². The molecule has 0 amide bonds. The zero-order valence-electron chi connectivity index (χ0n) is 14.9. The predicted molar refractivity (Wildman–Crippen MR) is 104 cm³/mol. The second-order valence-corrected chi connectivity index (χ2v) is 6.62. The van der Waals surface area contributed by atoms with Crippen LogP contribution in [0.15, 0.2) is 66.1 Å². The average molecular weight is 383 g/mol. The van der Waals surface area contributed by atoms with E-state index in [1.807, 2.05) is 23.7 Å². The van der Waals surface area contributed by atoms with Crippen LogP contribution in [0, 0.1) is 5.82 Å². The quantitative estimate of drug-likeness (QED) is 0.364. The Morgan fingerprint density at radius 3 is 2.56 bits per heavy atom. The Bertz CT molecular complexity index is 953. The van der Waals surface area contributed by atoms with Gasteiger partial charge in [0.2, 0.25) is 0 Å². The number of aromatic nitrogens is 3. The van der Waals surface area contributed by atoms with E-state index in [0.717, 1.165) is 27.7 Å². The van der Waals surface area contributed by atoms with Crippen LogP contribution in [0.25, 0.3) is 22.5 Å². The number of benzene rings is 1. The molecule has 0 unspecified atom stereocenters. The van der Waals surface area contributed by atoms with Crippen molar-refractivity contribution in [2.45, 2.75) is 5.16 Å². The molecular formula is C20H18FN3O2S. The van der Waals surface area contributed by atoms with Crippen LogP contribution in [0.4, 0.5) is 4.39 Å². The lowest BCUT2D eigenvalue weighted by Crippen LogP contribution is -1.96. The normalized spacial score (nSPS) is 11.1. The standard InChI is InChI=1S/C20H18FN3O2S/c1-24-19(15-9-11-22-12-10-15)18(14-5-7-16(21)8-6-14)23-20(24)27-13-3-4-17(25)26-2/h3-12H,13H2,1-2H3/b4-3+. The number of thioether (sulfide) groups is 1. The first-order valence-electron chi connectivity index (χ1n) is 8.20. The molecule has 3 rings (SSSR count). The average Bonchev–Trinajstić information content (AvgIpc) is 3.02. The molecular weight excluding hydrogens is 365 g/mol. The number of carbonyl (C=O) groups excluding carboxylic acids is 1. The third-order valence-corrected chi connectivity index (χ3v) is 4.87. The van der Waals surface area contributed by atoms with E-state index in [1.165, 1.54) is 37.1 Å². The van der Waals surface area contributed by atoms with Gasteiger partial charge in [0, 0.05) is 42.4 Å². The largest absolute Gasteiger partial charge is 0.466 e. The maximum absolute atomic E-state index is 13.3. The van der Waals surface area contributed by atoms with Crippen molar-refractivity contribution in [2.75, 3.05) is 12.9 Å². The van der Waals surface area contributed by atoms with Crippen LogP contribution in [0.2, 0.25) is 0 Å². The Hall–Kier alpha value is -2.93. The zero-order chi connectivity index (χ0) is 19.2. The van der Waals surface area contributed by atoms with Crippen LogP contribution in [-0.2, 0) is 16.6 Å². The minimum atomic E-state index is -0.389. The van der Waals surface area contributed by atoms with Crippen molar-refractivity contribution < 1.29 is 13.9 Å². The summed E-state index contributed by atoms with van der Waals surface area (Å²) in [6, 6.07) is 10.1. The smallest absolute Gasteiger partial charge is 0.330 e. The zero-order valence-corrected chi connectivity index (χ0v) is 15.7. The lowest BCUT2D eigenvalue weighted by Gasteiger charge is -2.07. The van der Waals surface area contributed by atoms with Gasteiger partial charge in [-0.25, -0.2) is 14.2 Å². The Morgan fingerprint density at radius 1 is 1.19 bits per heavy atom. The molecule has 0 radical (unpaired) electrons. The Balaban J connectivity index is 1.97. The molecule has 1 aromatic carbocycles. The minimum Gasteiger partial charge on any atom is -0.466 e. The number of rotatable bonds is 6. The van der Waals surface area contributed by atoms with Crippen LogP contribution >= 0.6 is 11.8 Å². The summed E-state index contributed by atoms with van der Waals surface area (Å²) in [4.78, 5) is 20.0. The molecule has 2 heterocycles. The van der Waals surface area contributed by atoms with E-state index in [1.54, 1.807) is 30.6 Å². The summed E-state index contributed by atoms with van der Waals surface area (Å²) in [5.41, 5.74) is 3.48. The molecule has 0 bridgehead atoms. The number of nitrogens with zero attached hydrogens (tertiary/aromatic N) is 3. The third-order valence-electron chi connectivity index (χ3n) is 3.89. The summed E-state index contributed by atoms with van der Waals surface area (Å²) in [5, 5.41) is 0.788. The van der Waals surface area contributed by atoms with Gasteiger partial charge >= 0.3 is 5.97 Å². The van der Waals surface area contributed by atoms with Crippen LogP contribution in [0.5, 0.6) is 0 Å². The monoisotopic (exact) mass is 383 g/mol. The molecule has 5 nitrogen and oxygen atoms in total. The second kappa shape index (κ2) is 8.64. The number of carbonyl (C=O) groups is 1. The maximum atomic E-state index is 13.3. The lowest BCUT2D eigenvalue weighted by atomic mass is 10.1. The van der Waals surface area contributed by atoms with Crippen LogP contribution in [0.1, 0.15) is 0 Å². The van der Waals surface area contributed by atoms with Gasteiger partial charge < -0.3 is 9.30 Å². The number of hydrogen-bond donors (Lipinski definition) is 0. The minimum absolute atomic E-state index is 0.289. The fraction of sp³-hybridized carbons (Fsp3) is 0.150. The highest BCUT2D eigenvalue weighted by molar-refractivity contribution is 7.99. The third kappa shape index (κ3) is 4.43. The van der Waals surface area contributed by atoms with Crippen molar-refractivity contribution in [3.05, 3.63) is 66.8 Å². The van der Waals surface area contributed by atoms with Gasteiger partial charge in [-0.15, -0.1) is 0 Å². The van der Waals surface area contributed by atoms with Gasteiger partial charge in [-0.2, -0.15) is 0 Å². The highest BCUT2D eigenvalue weighted by Gasteiger charge is 2.18. The topological polar surface area (TPSA) is 57.0 Å². The predicted octanol–water partition coefficient (Wildman–Crippen LogP) is 4.11. The number of methoxy groups -OCH3 is 1. The van der Waals surface area contributed by atoms with E-state index >= 15 is 0 Å². The van der Waals surface area contributed by atoms with Crippen LogP contribution in [-0.4, -0.2) is 33.4 Å². The molecule has 0 aliphatic carbocycles. The molecule has 138 valence electrons. The first-order chi connectivity index (χ1) is 13.1. The Morgan fingerprint density at radius 2 is 1.89 bits per heavy atom. The van der Waals surface area contributed by atoms with Crippen molar-refractivity contribution in [2.24, 2.45) is 7.05 Å². The van der Waals surface area contributed by atoms with E-state index in [2.05, 4.69) is 9.72 Å². The highest BCUT2D eigenvalue weighted by Crippen LogP contribution is 2.35. The van der Waals surface area contributed by atoms with E-state index in [-0.39, 0.29) is 11.8 Å². The number of pyridine rings is 1. The molecule has 0 saturated carbocycles. The molecule has 0 saturated heterocycles. The summed E-state index contributed by atoms with van der Waals surface area (Å²) in [7, 11) is 3.27. The molecule has 0 fully saturated rings. The number of ether oxygens (including phenoxy) is 1. The van der Waals surface area contributed by atoms with Crippen molar-refractivity contribution in [1.29, 1.82) is 0 Å². The molecule has 0 aliphatic rings. The second-order valence-electron chi connectivity index (χ2n) is 5.63. The van der Waals surface area contributed by atoms with Gasteiger partial charge in [0.05, 0.1) is 18.5 Å². The summed E-state index contributed by atoms with van der Waals surface area (Å²) in [5.74, 6) is -0.110. The molecule has 0 spiro atoms. The van der Waals surface area contributed by atoms with Gasteiger partial charge in [-0.05, 0) is 36.4 Å².